The lowest BCUT2D eigenvalue weighted by atomic mass is 9.96. The summed E-state index contributed by atoms with van der Waals surface area (Å²) in [5, 5.41) is 3.66. The van der Waals surface area contributed by atoms with E-state index in [0.29, 0.717) is 6.04 Å². The Labute approximate surface area is 120 Å². The SMILES string of the molecule is CCCNC(CCCc1ccccc1Br)C(C)C. The maximum absolute atomic E-state index is 3.66. The fourth-order valence-electron chi connectivity index (χ4n) is 2.21. The molecule has 1 aromatic carbocycles. The van der Waals surface area contributed by atoms with Gasteiger partial charge in [0.05, 0.1) is 0 Å². The van der Waals surface area contributed by atoms with Crippen LogP contribution in [0.5, 0.6) is 0 Å². The molecule has 102 valence electrons. The summed E-state index contributed by atoms with van der Waals surface area (Å²) in [5.74, 6) is 0.718. The maximum Gasteiger partial charge on any atom is 0.0207 e. The maximum atomic E-state index is 3.66. The predicted molar refractivity (Wildman–Crippen MR) is 84.0 cm³/mol. The third-order valence-electron chi connectivity index (χ3n) is 3.38. The molecule has 0 heterocycles. The normalized spacial score (nSPS) is 12.9. The van der Waals surface area contributed by atoms with E-state index in [9.17, 15) is 0 Å². The second kappa shape index (κ2) is 8.71. The first-order valence-corrected chi connectivity index (χ1v) is 7.91. The van der Waals surface area contributed by atoms with E-state index in [1.165, 1.54) is 35.7 Å². The Morgan fingerprint density at radius 2 is 1.94 bits per heavy atom. The second-order valence-electron chi connectivity index (χ2n) is 5.29. The molecule has 1 aromatic rings. The Bertz CT molecular complexity index is 336. The van der Waals surface area contributed by atoms with Gasteiger partial charge in [0.25, 0.3) is 0 Å². The van der Waals surface area contributed by atoms with Crippen LogP contribution in [-0.4, -0.2) is 12.6 Å². The molecule has 0 bridgehead atoms. The lowest BCUT2D eigenvalue weighted by Crippen LogP contribution is -2.34. The zero-order valence-electron chi connectivity index (χ0n) is 11.9. The highest BCUT2D eigenvalue weighted by Crippen LogP contribution is 2.19. The zero-order valence-corrected chi connectivity index (χ0v) is 13.5. The molecule has 2 heteroatoms. The molecular formula is C16H26BrN. The van der Waals surface area contributed by atoms with Crippen molar-refractivity contribution in [3.05, 3.63) is 34.3 Å². The fraction of sp³-hybridized carbons (Fsp3) is 0.625. The van der Waals surface area contributed by atoms with E-state index in [4.69, 9.17) is 0 Å². The van der Waals surface area contributed by atoms with Crippen molar-refractivity contribution in [2.24, 2.45) is 5.92 Å². The van der Waals surface area contributed by atoms with Crippen LogP contribution in [0, 0.1) is 5.92 Å². The molecule has 1 N–H and O–H groups in total. The van der Waals surface area contributed by atoms with Gasteiger partial charge in [0, 0.05) is 10.5 Å². The Morgan fingerprint density at radius 1 is 1.22 bits per heavy atom. The number of hydrogen-bond donors (Lipinski definition) is 1. The van der Waals surface area contributed by atoms with Gasteiger partial charge >= 0.3 is 0 Å². The fourth-order valence-corrected chi connectivity index (χ4v) is 2.70. The summed E-state index contributed by atoms with van der Waals surface area (Å²) in [6.45, 7) is 7.99. The Balaban J connectivity index is 2.36. The minimum Gasteiger partial charge on any atom is -0.314 e. The second-order valence-corrected chi connectivity index (χ2v) is 6.14. The highest BCUT2D eigenvalue weighted by Gasteiger charge is 2.11. The highest BCUT2D eigenvalue weighted by molar-refractivity contribution is 9.10. The summed E-state index contributed by atoms with van der Waals surface area (Å²) in [5.41, 5.74) is 1.43. The summed E-state index contributed by atoms with van der Waals surface area (Å²) < 4.78 is 1.24. The van der Waals surface area contributed by atoms with Crippen LogP contribution in [0.2, 0.25) is 0 Å². The molecule has 1 unspecified atom stereocenters. The standard InChI is InChI=1S/C16H26BrN/c1-4-12-18-16(13(2)3)11-7-9-14-8-5-6-10-15(14)17/h5-6,8,10,13,16,18H,4,7,9,11-12H2,1-3H3. The number of halogens is 1. The summed E-state index contributed by atoms with van der Waals surface area (Å²) >= 11 is 3.62. The lowest BCUT2D eigenvalue weighted by molar-refractivity contribution is 0.370. The predicted octanol–water partition coefficient (Wildman–Crippen LogP) is 4.80. The molecule has 1 nitrogen and oxygen atoms in total. The van der Waals surface area contributed by atoms with Crippen molar-refractivity contribution in [2.45, 2.75) is 52.5 Å². The van der Waals surface area contributed by atoms with Gasteiger partial charge in [0.1, 0.15) is 0 Å². The van der Waals surface area contributed by atoms with Crippen LogP contribution in [0.3, 0.4) is 0 Å². The van der Waals surface area contributed by atoms with Gasteiger partial charge in [-0.05, 0) is 49.8 Å². The quantitative estimate of drug-likeness (QED) is 0.727. The van der Waals surface area contributed by atoms with E-state index in [2.05, 4.69) is 66.3 Å². The van der Waals surface area contributed by atoms with Crippen LogP contribution in [0.1, 0.15) is 45.6 Å². The van der Waals surface area contributed by atoms with Crippen LogP contribution in [0.15, 0.2) is 28.7 Å². The van der Waals surface area contributed by atoms with E-state index in [-0.39, 0.29) is 0 Å². The van der Waals surface area contributed by atoms with Crippen molar-refractivity contribution in [1.29, 1.82) is 0 Å². The first-order valence-electron chi connectivity index (χ1n) is 7.12. The van der Waals surface area contributed by atoms with E-state index in [1.807, 2.05) is 0 Å². The van der Waals surface area contributed by atoms with Gasteiger partial charge in [-0.15, -0.1) is 0 Å². The van der Waals surface area contributed by atoms with Gasteiger partial charge in [-0.3, -0.25) is 0 Å². The number of benzene rings is 1. The van der Waals surface area contributed by atoms with Crippen molar-refractivity contribution in [2.75, 3.05) is 6.54 Å². The number of hydrogen-bond acceptors (Lipinski definition) is 1. The zero-order chi connectivity index (χ0) is 13.4. The smallest absolute Gasteiger partial charge is 0.0207 e. The Hall–Kier alpha value is -0.340. The molecule has 1 rings (SSSR count). The first-order chi connectivity index (χ1) is 8.65. The average Bonchev–Trinajstić information content (AvgIpc) is 2.35. The third-order valence-corrected chi connectivity index (χ3v) is 4.15. The molecule has 0 spiro atoms. The monoisotopic (exact) mass is 311 g/mol. The Kier molecular flexibility index (Phi) is 7.60. The molecule has 0 radical (unpaired) electrons. The summed E-state index contributed by atoms with van der Waals surface area (Å²) in [6, 6.07) is 9.20. The van der Waals surface area contributed by atoms with E-state index >= 15 is 0 Å². The van der Waals surface area contributed by atoms with Gasteiger partial charge < -0.3 is 5.32 Å². The molecule has 0 aliphatic rings. The molecule has 0 aromatic heterocycles. The molecule has 18 heavy (non-hydrogen) atoms. The average molecular weight is 312 g/mol. The minimum absolute atomic E-state index is 0.660. The van der Waals surface area contributed by atoms with Crippen LogP contribution >= 0.6 is 15.9 Å². The first kappa shape index (κ1) is 15.7. The number of aryl methyl sites for hydroxylation is 1. The van der Waals surface area contributed by atoms with E-state index in [0.717, 1.165) is 12.5 Å². The van der Waals surface area contributed by atoms with E-state index in [1.54, 1.807) is 0 Å². The molecule has 0 fully saturated rings. The molecule has 1 atom stereocenters. The van der Waals surface area contributed by atoms with Crippen molar-refractivity contribution in [3.8, 4) is 0 Å². The van der Waals surface area contributed by atoms with Gasteiger partial charge in [0.2, 0.25) is 0 Å². The largest absolute Gasteiger partial charge is 0.314 e. The molecular weight excluding hydrogens is 286 g/mol. The summed E-state index contributed by atoms with van der Waals surface area (Å²) in [4.78, 5) is 0. The molecule has 0 aliphatic carbocycles. The third kappa shape index (κ3) is 5.53. The summed E-state index contributed by atoms with van der Waals surface area (Å²) in [7, 11) is 0. The Morgan fingerprint density at radius 3 is 2.56 bits per heavy atom. The van der Waals surface area contributed by atoms with Gasteiger partial charge in [-0.25, -0.2) is 0 Å². The van der Waals surface area contributed by atoms with Crippen molar-refractivity contribution in [3.63, 3.8) is 0 Å². The number of rotatable bonds is 8. The topological polar surface area (TPSA) is 12.0 Å². The number of nitrogens with one attached hydrogen (secondary N) is 1. The minimum atomic E-state index is 0.660. The van der Waals surface area contributed by atoms with Gasteiger partial charge in [0.15, 0.2) is 0 Å². The lowest BCUT2D eigenvalue weighted by Gasteiger charge is -2.22. The summed E-state index contributed by atoms with van der Waals surface area (Å²) in [6.07, 6.45) is 4.90. The van der Waals surface area contributed by atoms with Crippen LogP contribution < -0.4 is 5.32 Å². The highest BCUT2D eigenvalue weighted by atomic mass is 79.9. The van der Waals surface area contributed by atoms with Crippen molar-refractivity contribution < 1.29 is 0 Å². The molecule has 0 amide bonds. The van der Waals surface area contributed by atoms with Crippen LogP contribution in [0.25, 0.3) is 0 Å². The molecule has 0 saturated heterocycles. The van der Waals surface area contributed by atoms with E-state index < -0.39 is 0 Å². The van der Waals surface area contributed by atoms with Gasteiger partial charge in [-0.2, -0.15) is 0 Å². The molecule has 0 aliphatic heterocycles. The van der Waals surface area contributed by atoms with Crippen molar-refractivity contribution in [1.82, 2.24) is 5.32 Å². The van der Waals surface area contributed by atoms with Crippen LogP contribution in [0.4, 0.5) is 0 Å². The molecule has 0 saturated carbocycles. The van der Waals surface area contributed by atoms with Gasteiger partial charge in [-0.1, -0.05) is 54.9 Å². The van der Waals surface area contributed by atoms with Crippen molar-refractivity contribution >= 4 is 15.9 Å². The van der Waals surface area contributed by atoms with Crippen LogP contribution in [-0.2, 0) is 6.42 Å².